The molecule has 1 aliphatic carbocycles. The van der Waals surface area contributed by atoms with Crippen molar-refractivity contribution in [1.82, 2.24) is 4.31 Å². The van der Waals surface area contributed by atoms with Crippen LogP contribution in [0.1, 0.15) is 12.8 Å². The molecule has 6 nitrogen and oxygen atoms in total. The van der Waals surface area contributed by atoms with Crippen LogP contribution < -0.4 is 5.73 Å². The van der Waals surface area contributed by atoms with Crippen molar-refractivity contribution in [3.05, 3.63) is 30.3 Å². The lowest BCUT2D eigenvalue weighted by molar-refractivity contribution is -0.138. The van der Waals surface area contributed by atoms with E-state index in [2.05, 4.69) is 0 Å². The van der Waals surface area contributed by atoms with Crippen molar-refractivity contribution in [3.8, 4) is 0 Å². The maximum atomic E-state index is 12.5. The van der Waals surface area contributed by atoms with Crippen LogP contribution in [0.25, 0.3) is 0 Å². The van der Waals surface area contributed by atoms with Crippen molar-refractivity contribution >= 4 is 16.0 Å². The van der Waals surface area contributed by atoms with Crippen LogP contribution >= 0.6 is 0 Å². The van der Waals surface area contributed by atoms with Gasteiger partial charge in [-0.2, -0.15) is 4.31 Å². The molecule has 1 atom stereocenters. The second kappa shape index (κ2) is 5.90. The van der Waals surface area contributed by atoms with Gasteiger partial charge >= 0.3 is 5.97 Å². The summed E-state index contributed by atoms with van der Waals surface area (Å²) >= 11 is 0. The summed E-state index contributed by atoms with van der Waals surface area (Å²) in [5, 5.41) is 8.87. The van der Waals surface area contributed by atoms with Gasteiger partial charge in [-0.15, -0.1) is 0 Å². The Balaban J connectivity index is 2.22. The summed E-state index contributed by atoms with van der Waals surface area (Å²) in [6, 6.07) is 6.79. The average Bonchev–Trinajstić information content (AvgIpc) is 3.22. The van der Waals surface area contributed by atoms with E-state index in [9.17, 15) is 13.2 Å². The van der Waals surface area contributed by atoms with Gasteiger partial charge < -0.3 is 10.8 Å². The third-order valence-corrected chi connectivity index (χ3v) is 5.10. The third-order valence-electron chi connectivity index (χ3n) is 3.26. The molecule has 110 valence electrons. The molecule has 3 N–H and O–H groups in total. The van der Waals surface area contributed by atoms with E-state index >= 15 is 0 Å². The molecule has 0 bridgehead atoms. The van der Waals surface area contributed by atoms with Gasteiger partial charge in [0, 0.05) is 13.1 Å². The molecule has 1 aliphatic rings. The van der Waals surface area contributed by atoms with Crippen LogP contribution in [0, 0.1) is 5.92 Å². The summed E-state index contributed by atoms with van der Waals surface area (Å²) in [5.41, 5.74) is 5.48. The highest BCUT2D eigenvalue weighted by Gasteiger charge is 2.33. The molecule has 0 amide bonds. The quantitative estimate of drug-likeness (QED) is 0.763. The molecule has 0 aliphatic heterocycles. The van der Waals surface area contributed by atoms with E-state index in [-0.39, 0.29) is 11.4 Å². The van der Waals surface area contributed by atoms with Crippen molar-refractivity contribution in [3.63, 3.8) is 0 Å². The Bertz CT molecular complexity index is 569. The van der Waals surface area contributed by atoms with Gasteiger partial charge in [-0.25, -0.2) is 8.42 Å². The minimum atomic E-state index is -3.69. The Kier molecular flexibility index (Phi) is 4.42. The fourth-order valence-corrected chi connectivity index (χ4v) is 3.46. The number of nitrogens with zero attached hydrogens (tertiary/aromatic N) is 1. The van der Waals surface area contributed by atoms with Gasteiger partial charge in [0.05, 0.1) is 4.90 Å². The Morgan fingerprint density at radius 2 is 1.95 bits per heavy atom. The number of carboxylic acids is 1. The zero-order chi connectivity index (χ0) is 14.8. The van der Waals surface area contributed by atoms with Gasteiger partial charge in [-0.05, 0) is 30.9 Å². The summed E-state index contributed by atoms with van der Waals surface area (Å²) in [4.78, 5) is 11.0. The molecule has 0 spiro atoms. The molecule has 1 saturated carbocycles. The second-order valence-corrected chi connectivity index (χ2v) is 6.96. The smallest absolute Gasteiger partial charge is 0.321 e. The predicted molar refractivity (Wildman–Crippen MR) is 73.5 cm³/mol. The standard InChI is InChI=1S/C13H18N2O4S/c14-12(13(16)17)9-15(8-10-6-7-10)20(18,19)11-4-2-1-3-5-11/h1-5,10,12H,6-9,14H2,(H,16,17)/t12-/m0/s1. The zero-order valence-electron chi connectivity index (χ0n) is 11.0. The minimum Gasteiger partial charge on any atom is -0.480 e. The molecule has 0 unspecified atom stereocenters. The highest BCUT2D eigenvalue weighted by molar-refractivity contribution is 7.89. The van der Waals surface area contributed by atoms with Gasteiger partial charge in [0.1, 0.15) is 6.04 Å². The van der Waals surface area contributed by atoms with Gasteiger partial charge in [0.25, 0.3) is 0 Å². The summed E-state index contributed by atoms with van der Waals surface area (Å²) in [7, 11) is -3.69. The Morgan fingerprint density at radius 3 is 2.45 bits per heavy atom. The van der Waals surface area contributed by atoms with Crippen LogP contribution in [0.2, 0.25) is 0 Å². The zero-order valence-corrected chi connectivity index (χ0v) is 11.8. The highest BCUT2D eigenvalue weighted by Crippen LogP contribution is 2.31. The molecule has 0 saturated heterocycles. The molecule has 20 heavy (non-hydrogen) atoms. The summed E-state index contributed by atoms with van der Waals surface area (Å²) < 4.78 is 26.3. The number of aliphatic carboxylic acids is 1. The fraction of sp³-hybridized carbons (Fsp3) is 0.462. The maximum absolute atomic E-state index is 12.5. The summed E-state index contributed by atoms with van der Waals surface area (Å²) in [5.74, 6) is -0.886. The SMILES string of the molecule is N[C@@H](CN(CC1CC1)S(=O)(=O)c1ccccc1)C(=O)O. The van der Waals surface area contributed by atoms with Crippen LogP contribution in [0.4, 0.5) is 0 Å². The van der Waals surface area contributed by atoms with Crippen LogP contribution in [0.15, 0.2) is 35.2 Å². The molecule has 0 heterocycles. The number of carboxylic acid groups (broad SMARTS) is 1. The summed E-state index contributed by atoms with van der Waals surface area (Å²) in [6.45, 7) is 0.126. The topological polar surface area (TPSA) is 101 Å². The highest BCUT2D eigenvalue weighted by atomic mass is 32.2. The number of hydrogen-bond donors (Lipinski definition) is 2. The second-order valence-electron chi connectivity index (χ2n) is 5.02. The lowest BCUT2D eigenvalue weighted by atomic mass is 10.3. The van der Waals surface area contributed by atoms with E-state index in [1.54, 1.807) is 18.2 Å². The number of carbonyl (C=O) groups is 1. The van der Waals surface area contributed by atoms with Crippen LogP contribution in [-0.2, 0) is 14.8 Å². The van der Waals surface area contributed by atoms with E-state index in [0.717, 1.165) is 12.8 Å². The van der Waals surface area contributed by atoms with Gasteiger partial charge in [0.2, 0.25) is 10.0 Å². The number of hydrogen-bond acceptors (Lipinski definition) is 4. The van der Waals surface area contributed by atoms with Crippen LogP contribution in [-0.4, -0.2) is 42.9 Å². The Labute approximate surface area is 118 Å². The minimum absolute atomic E-state index is 0.165. The Morgan fingerprint density at radius 1 is 1.35 bits per heavy atom. The number of sulfonamides is 1. The molecule has 0 radical (unpaired) electrons. The first-order chi connectivity index (χ1) is 9.41. The normalized spacial score (nSPS) is 17.1. The number of nitrogens with two attached hydrogens (primary N) is 1. The van der Waals surface area contributed by atoms with Crippen molar-refractivity contribution in [2.24, 2.45) is 11.7 Å². The number of benzene rings is 1. The van der Waals surface area contributed by atoms with E-state index in [1.165, 1.54) is 16.4 Å². The first-order valence-electron chi connectivity index (χ1n) is 6.45. The van der Waals surface area contributed by atoms with E-state index in [1.807, 2.05) is 0 Å². The summed E-state index contributed by atoms with van der Waals surface area (Å²) in [6.07, 6.45) is 1.95. The lowest BCUT2D eigenvalue weighted by Gasteiger charge is -2.23. The van der Waals surface area contributed by atoms with Crippen molar-refractivity contribution in [2.45, 2.75) is 23.8 Å². The van der Waals surface area contributed by atoms with E-state index in [4.69, 9.17) is 10.8 Å². The first kappa shape index (κ1) is 15.0. The van der Waals surface area contributed by atoms with E-state index < -0.39 is 22.0 Å². The average molecular weight is 298 g/mol. The monoisotopic (exact) mass is 298 g/mol. The van der Waals surface area contributed by atoms with Crippen molar-refractivity contribution < 1.29 is 18.3 Å². The van der Waals surface area contributed by atoms with Gasteiger partial charge in [0.15, 0.2) is 0 Å². The molecule has 2 rings (SSSR count). The van der Waals surface area contributed by atoms with Gasteiger partial charge in [-0.3, -0.25) is 4.79 Å². The molecule has 1 aromatic rings. The largest absolute Gasteiger partial charge is 0.480 e. The third kappa shape index (κ3) is 3.56. The van der Waals surface area contributed by atoms with Gasteiger partial charge in [-0.1, -0.05) is 18.2 Å². The molecular formula is C13H18N2O4S. The molecule has 7 heteroatoms. The molecular weight excluding hydrogens is 280 g/mol. The van der Waals surface area contributed by atoms with Crippen LogP contribution in [0.5, 0.6) is 0 Å². The number of rotatable bonds is 7. The van der Waals surface area contributed by atoms with Crippen molar-refractivity contribution in [1.29, 1.82) is 0 Å². The Hall–Kier alpha value is -1.44. The first-order valence-corrected chi connectivity index (χ1v) is 7.89. The molecule has 1 aromatic carbocycles. The van der Waals surface area contributed by atoms with Crippen LogP contribution in [0.3, 0.4) is 0 Å². The predicted octanol–water partition coefficient (Wildman–Crippen LogP) is 0.499. The maximum Gasteiger partial charge on any atom is 0.321 e. The van der Waals surface area contributed by atoms with E-state index in [0.29, 0.717) is 12.5 Å². The molecule has 0 aromatic heterocycles. The molecule has 1 fully saturated rings. The lowest BCUT2D eigenvalue weighted by Crippen LogP contribution is -2.45. The fourth-order valence-electron chi connectivity index (χ4n) is 1.90. The van der Waals surface area contributed by atoms with Crippen molar-refractivity contribution in [2.75, 3.05) is 13.1 Å².